The molecule has 0 N–H and O–H groups in total. The van der Waals surface area contributed by atoms with E-state index < -0.39 is 5.24 Å². The van der Waals surface area contributed by atoms with Crippen LogP contribution < -0.4 is 0 Å². The molecule has 5 heteroatoms. The van der Waals surface area contributed by atoms with E-state index >= 15 is 0 Å². The summed E-state index contributed by atoms with van der Waals surface area (Å²) >= 11 is 17.8. The van der Waals surface area contributed by atoms with E-state index in [1.54, 1.807) is 24.3 Å². The summed E-state index contributed by atoms with van der Waals surface area (Å²) in [5.74, 6) is 0. The Hall–Kier alpha value is -1.61. The lowest BCUT2D eigenvalue weighted by atomic mass is 10.0. The molecule has 0 unspecified atom stereocenters. The smallest absolute Gasteiger partial charge is 0.253 e. The van der Waals surface area contributed by atoms with Gasteiger partial charge in [-0.05, 0) is 41.9 Å². The van der Waals surface area contributed by atoms with Crippen molar-refractivity contribution in [2.75, 3.05) is 0 Å². The molecule has 0 aliphatic heterocycles. The van der Waals surface area contributed by atoms with E-state index in [0.29, 0.717) is 37.8 Å². The van der Waals surface area contributed by atoms with Crippen molar-refractivity contribution in [2.24, 2.45) is 0 Å². The largest absolute Gasteiger partial charge is 0.276 e. The maximum Gasteiger partial charge on any atom is 0.253 e. The van der Waals surface area contributed by atoms with E-state index in [0.717, 1.165) is 0 Å². The van der Waals surface area contributed by atoms with Crippen LogP contribution in [-0.2, 0) is 0 Å². The highest BCUT2D eigenvalue weighted by Crippen LogP contribution is 2.32. The molecule has 0 bridgehead atoms. The van der Waals surface area contributed by atoms with Crippen LogP contribution in [0.15, 0.2) is 48.5 Å². The summed E-state index contributed by atoms with van der Waals surface area (Å²) in [4.78, 5) is 16.2. The van der Waals surface area contributed by atoms with E-state index in [9.17, 15) is 4.79 Å². The van der Waals surface area contributed by atoms with E-state index in [2.05, 4.69) is 4.98 Å². The summed E-state index contributed by atoms with van der Waals surface area (Å²) in [6, 6.07) is 14.1. The first-order valence-corrected chi connectivity index (χ1v) is 7.24. The van der Waals surface area contributed by atoms with Gasteiger partial charge in [-0.15, -0.1) is 0 Å². The van der Waals surface area contributed by atoms with Gasteiger partial charge in [0.15, 0.2) is 0 Å². The Morgan fingerprint density at radius 1 is 1.00 bits per heavy atom. The number of aromatic nitrogens is 1. The first-order valence-electron chi connectivity index (χ1n) is 6.11. The van der Waals surface area contributed by atoms with Crippen LogP contribution in [0.25, 0.3) is 22.2 Å². The molecule has 0 aliphatic rings. The fraction of sp³-hybridized carbons (Fsp3) is 0. The summed E-state index contributed by atoms with van der Waals surface area (Å²) in [6.07, 6.45) is 0. The van der Waals surface area contributed by atoms with Crippen molar-refractivity contribution in [1.29, 1.82) is 0 Å². The molecule has 1 heterocycles. The van der Waals surface area contributed by atoms with E-state index in [-0.39, 0.29) is 0 Å². The lowest BCUT2D eigenvalue weighted by Crippen LogP contribution is -1.96. The van der Waals surface area contributed by atoms with Gasteiger partial charge in [-0.3, -0.25) is 4.79 Å². The molecule has 21 heavy (non-hydrogen) atoms. The molecule has 0 saturated heterocycles. The first kappa shape index (κ1) is 14.3. The summed E-state index contributed by atoms with van der Waals surface area (Å²) < 4.78 is 0. The predicted octanol–water partition coefficient (Wildman–Crippen LogP) is 5.59. The number of carbonyl (C=O) groups is 1. The second kappa shape index (κ2) is 5.64. The zero-order chi connectivity index (χ0) is 15.0. The van der Waals surface area contributed by atoms with Crippen LogP contribution in [0.1, 0.15) is 10.4 Å². The molecule has 0 radical (unpaired) electrons. The van der Waals surface area contributed by atoms with Gasteiger partial charge >= 0.3 is 0 Å². The summed E-state index contributed by atoms with van der Waals surface area (Å²) in [6.45, 7) is 0. The van der Waals surface area contributed by atoms with Crippen molar-refractivity contribution in [1.82, 2.24) is 4.98 Å². The van der Waals surface area contributed by atoms with Gasteiger partial charge in [0.05, 0.1) is 16.2 Å². The van der Waals surface area contributed by atoms with Gasteiger partial charge in [-0.2, -0.15) is 0 Å². The average molecular weight is 337 g/mol. The van der Waals surface area contributed by atoms with Gasteiger partial charge in [0.2, 0.25) is 0 Å². The molecule has 0 fully saturated rings. The van der Waals surface area contributed by atoms with Crippen LogP contribution in [0.2, 0.25) is 10.0 Å². The van der Waals surface area contributed by atoms with Gasteiger partial charge < -0.3 is 0 Å². The standard InChI is InChI=1S/C16H8Cl3NO/c17-9-5-6-11(13(18)7-9)15-8-12(16(19)21)10-3-1-2-4-14(10)20-15/h1-8H. The molecule has 2 aromatic carbocycles. The monoisotopic (exact) mass is 335 g/mol. The van der Waals surface area contributed by atoms with Crippen molar-refractivity contribution >= 4 is 50.9 Å². The number of hydrogen-bond donors (Lipinski definition) is 0. The molecule has 0 amide bonds. The molecule has 3 aromatic rings. The Balaban J connectivity index is 2.31. The minimum absolute atomic E-state index is 0.406. The number of benzene rings is 2. The van der Waals surface area contributed by atoms with E-state index in [1.165, 1.54) is 0 Å². The highest BCUT2D eigenvalue weighted by molar-refractivity contribution is 6.68. The molecule has 0 aliphatic carbocycles. The number of para-hydroxylation sites is 1. The Kier molecular flexibility index (Phi) is 3.85. The molecule has 0 atom stereocenters. The fourth-order valence-corrected chi connectivity index (χ4v) is 2.83. The maximum absolute atomic E-state index is 11.7. The number of nitrogens with zero attached hydrogens (tertiary/aromatic N) is 1. The van der Waals surface area contributed by atoms with Crippen LogP contribution in [0.3, 0.4) is 0 Å². The highest BCUT2D eigenvalue weighted by atomic mass is 35.5. The van der Waals surface area contributed by atoms with Crippen LogP contribution in [-0.4, -0.2) is 10.2 Å². The molecule has 0 saturated carbocycles. The molecular formula is C16H8Cl3NO. The molecule has 3 rings (SSSR count). The number of hydrogen-bond acceptors (Lipinski definition) is 2. The SMILES string of the molecule is O=C(Cl)c1cc(-c2ccc(Cl)cc2Cl)nc2ccccc12. The summed E-state index contributed by atoms with van der Waals surface area (Å²) in [5.41, 5.74) is 2.37. The van der Waals surface area contributed by atoms with E-state index in [1.807, 2.05) is 24.3 Å². The lowest BCUT2D eigenvalue weighted by molar-refractivity contribution is 0.108. The first-order chi connectivity index (χ1) is 10.1. The van der Waals surface area contributed by atoms with Crippen LogP contribution >= 0.6 is 34.8 Å². The normalized spacial score (nSPS) is 10.8. The summed E-state index contributed by atoms with van der Waals surface area (Å²) in [7, 11) is 0. The van der Waals surface area contributed by atoms with Crippen molar-refractivity contribution in [3.05, 3.63) is 64.1 Å². The number of halogens is 3. The Morgan fingerprint density at radius 3 is 2.48 bits per heavy atom. The van der Waals surface area contributed by atoms with Crippen molar-refractivity contribution in [3.8, 4) is 11.3 Å². The minimum Gasteiger partial charge on any atom is -0.276 e. The Labute approximate surface area is 136 Å². The number of pyridine rings is 1. The number of fused-ring (bicyclic) bond motifs is 1. The van der Waals surface area contributed by atoms with Crippen LogP contribution in [0, 0.1) is 0 Å². The number of rotatable bonds is 2. The van der Waals surface area contributed by atoms with Crippen molar-refractivity contribution < 1.29 is 4.79 Å². The topological polar surface area (TPSA) is 30.0 Å². The lowest BCUT2D eigenvalue weighted by Gasteiger charge is -2.08. The predicted molar refractivity (Wildman–Crippen MR) is 87.4 cm³/mol. The van der Waals surface area contributed by atoms with Gasteiger partial charge in [0.25, 0.3) is 5.24 Å². The third-order valence-electron chi connectivity index (χ3n) is 3.14. The van der Waals surface area contributed by atoms with Crippen molar-refractivity contribution in [3.63, 3.8) is 0 Å². The van der Waals surface area contributed by atoms with E-state index in [4.69, 9.17) is 34.8 Å². The molecule has 2 nitrogen and oxygen atoms in total. The van der Waals surface area contributed by atoms with Crippen LogP contribution in [0.4, 0.5) is 0 Å². The molecule has 0 spiro atoms. The number of carbonyl (C=O) groups excluding carboxylic acids is 1. The minimum atomic E-state index is -0.528. The average Bonchev–Trinajstić information content (AvgIpc) is 2.46. The van der Waals surface area contributed by atoms with Gasteiger partial charge in [0, 0.05) is 21.5 Å². The van der Waals surface area contributed by atoms with Gasteiger partial charge in [-0.25, -0.2) is 4.98 Å². The zero-order valence-electron chi connectivity index (χ0n) is 10.6. The third kappa shape index (κ3) is 2.75. The summed E-state index contributed by atoms with van der Waals surface area (Å²) in [5, 5.41) is 1.20. The Morgan fingerprint density at radius 2 is 1.76 bits per heavy atom. The van der Waals surface area contributed by atoms with Gasteiger partial charge in [-0.1, -0.05) is 41.4 Å². The molecule has 104 valence electrons. The van der Waals surface area contributed by atoms with Crippen LogP contribution in [0.5, 0.6) is 0 Å². The maximum atomic E-state index is 11.7. The quantitative estimate of drug-likeness (QED) is 0.571. The second-order valence-electron chi connectivity index (χ2n) is 4.47. The highest BCUT2D eigenvalue weighted by Gasteiger charge is 2.13. The second-order valence-corrected chi connectivity index (χ2v) is 5.66. The molecule has 1 aromatic heterocycles. The third-order valence-corrected chi connectivity index (χ3v) is 3.89. The Bertz CT molecular complexity index is 861. The molecular weight excluding hydrogens is 329 g/mol. The van der Waals surface area contributed by atoms with Crippen molar-refractivity contribution in [2.45, 2.75) is 0 Å². The zero-order valence-corrected chi connectivity index (χ0v) is 12.9. The fourth-order valence-electron chi connectivity index (χ4n) is 2.17. The van der Waals surface area contributed by atoms with Gasteiger partial charge in [0.1, 0.15) is 0 Å².